The molecule has 1 fully saturated rings. The molecule has 0 spiro atoms. The van der Waals surface area contributed by atoms with Gasteiger partial charge in [-0.1, -0.05) is 45.2 Å². The number of aromatic nitrogens is 3. The van der Waals surface area contributed by atoms with Gasteiger partial charge < -0.3 is 14.6 Å². The van der Waals surface area contributed by atoms with Gasteiger partial charge in [-0.3, -0.25) is 4.79 Å². The van der Waals surface area contributed by atoms with E-state index in [0.717, 1.165) is 0 Å². The van der Waals surface area contributed by atoms with Crippen molar-refractivity contribution < 1.29 is 14.1 Å². The first-order chi connectivity index (χ1) is 13.9. The molecular weight excluding hydrogens is 368 g/mol. The van der Waals surface area contributed by atoms with Crippen molar-refractivity contribution in [3.63, 3.8) is 0 Å². The van der Waals surface area contributed by atoms with Crippen LogP contribution in [0.5, 0.6) is 5.75 Å². The minimum absolute atomic E-state index is 0.0956. The summed E-state index contributed by atoms with van der Waals surface area (Å²) >= 11 is 0. The SMILES string of the molecule is CC(C)(C)c1noc(CCCC(=O)Nc2ncccc2OCC2CCCCC2)n1. The number of amides is 1. The first-order valence-electron chi connectivity index (χ1n) is 10.6. The van der Waals surface area contributed by atoms with Gasteiger partial charge in [0.25, 0.3) is 0 Å². The number of rotatable bonds is 8. The summed E-state index contributed by atoms with van der Waals surface area (Å²) in [6.07, 6.45) is 9.53. The maximum Gasteiger partial charge on any atom is 0.226 e. The largest absolute Gasteiger partial charge is 0.489 e. The molecule has 1 N–H and O–H groups in total. The van der Waals surface area contributed by atoms with Crippen LogP contribution in [-0.2, 0) is 16.6 Å². The molecule has 2 heterocycles. The van der Waals surface area contributed by atoms with E-state index in [1.54, 1.807) is 6.20 Å². The predicted molar refractivity (Wildman–Crippen MR) is 111 cm³/mol. The molecule has 7 nitrogen and oxygen atoms in total. The Morgan fingerprint density at radius 3 is 2.79 bits per heavy atom. The van der Waals surface area contributed by atoms with Crippen molar-refractivity contribution in [2.24, 2.45) is 5.92 Å². The molecule has 0 atom stereocenters. The summed E-state index contributed by atoms with van der Waals surface area (Å²) in [5.74, 6) is 2.88. The number of pyridine rings is 1. The van der Waals surface area contributed by atoms with E-state index >= 15 is 0 Å². The van der Waals surface area contributed by atoms with Gasteiger partial charge in [0.1, 0.15) is 0 Å². The van der Waals surface area contributed by atoms with E-state index in [2.05, 4.69) is 20.4 Å². The fourth-order valence-electron chi connectivity index (χ4n) is 3.42. The number of nitrogens with one attached hydrogen (secondary N) is 1. The molecule has 3 rings (SSSR count). The van der Waals surface area contributed by atoms with Crippen LogP contribution in [0.15, 0.2) is 22.9 Å². The zero-order valence-corrected chi connectivity index (χ0v) is 17.7. The van der Waals surface area contributed by atoms with Gasteiger partial charge in [-0.25, -0.2) is 4.98 Å². The highest BCUT2D eigenvalue weighted by molar-refractivity contribution is 5.91. The third kappa shape index (κ3) is 6.54. The highest BCUT2D eigenvalue weighted by atomic mass is 16.5. The lowest BCUT2D eigenvalue weighted by Gasteiger charge is -2.22. The summed E-state index contributed by atoms with van der Waals surface area (Å²) in [6.45, 7) is 6.80. The van der Waals surface area contributed by atoms with E-state index in [1.807, 2.05) is 32.9 Å². The van der Waals surface area contributed by atoms with Gasteiger partial charge in [-0.2, -0.15) is 4.98 Å². The summed E-state index contributed by atoms with van der Waals surface area (Å²) < 4.78 is 11.3. The zero-order valence-electron chi connectivity index (χ0n) is 17.7. The lowest BCUT2D eigenvalue weighted by Crippen LogP contribution is -2.17. The van der Waals surface area contributed by atoms with Crippen LogP contribution < -0.4 is 10.1 Å². The monoisotopic (exact) mass is 400 g/mol. The number of anilines is 1. The Hall–Kier alpha value is -2.44. The van der Waals surface area contributed by atoms with Crippen LogP contribution in [0.4, 0.5) is 5.82 Å². The molecule has 1 amide bonds. The Morgan fingerprint density at radius 2 is 2.07 bits per heavy atom. The lowest BCUT2D eigenvalue weighted by molar-refractivity contribution is -0.116. The summed E-state index contributed by atoms with van der Waals surface area (Å²) in [5.41, 5.74) is -0.147. The molecule has 0 unspecified atom stereocenters. The van der Waals surface area contributed by atoms with Crippen LogP contribution in [-0.4, -0.2) is 27.6 Å². The predicted octanol–water partition coefficient (Wildman–Crippen LogP) is 4.68. The summed E-state index contributed by atoms with van der Waals surface area (Å²) in [7, 11) is 0. The van der Waals surface area contributed by atoms with Crippen molar-refractivity contribution in [1.82, 2.24) is 15.1 Å². The molecule has 7 heteroatoms. The van der Waals surface area contributed by atoms with Crippen LogP contribution in [0.2, 0.25) is 0 Å². The number of nitrogens with zero attached hydrogens (tertiary/aromatic N) is 3. The van der Waals surface area contributed by atoms with Crippen LogP contribution in [0.3, 0.4) is 0 Å². The molecule has 1 aliphatic rings. The van der Waals surface area contributed by atoms with Crippen molar-refractivity contribution >= 4 is 11.7 Å². The number of hydrogen-bond acceptors (Lipinski definition) is 6. The van der Waals surface area contributed by atoms with Gasteiger partial charge in [0.05, 0.1) is 6.61 Å². The van der Waals surface area contributed by atoms with E-state index in [-0.39, 0.29) is 11.3 Å². The van der Waals surface area contributed by atoms with Crippen molar-refractivity contribution in [1.29, 1.82) is 0 Å². The number of aryl methyl sites for hydroxylation is 1. The lowest BCUT2D eigenvalue weighted by atomic mass is 9.90. The van der Waals surface area contributed by atoms with Crippen LogP contribution in [0.1, 0.15) is 77.4 Å². The fourth-order valence-corrected chi connectivity index (χ4v) is 3.42. The number of carbonyl (C=O) groups excluding carboxylic acids is 1. The summed E-state index contributed by atoms with van der Waals surface area (Å²) in [4.78, 5) is 21.0. The highest BCUT2D eigenvalue weighted by Gasteiger charge is 2.21. The van der Waals surface area contributed by atoms with Gasteiger partial charge in [-0.15, -0.1) is 0 Å². The van der Waals surface area contributed by atoms with Crippen LogP contribution in [0.25, 0.3) is 0 Å². The maximum atomic E-state index is 12.4. The van der Waals surface area contributed by atoms with Crippen molar-refractivity contribution in [2.45, 2.75) is 77.6 Å². The second-order valence-electron chi connectivity index (χ2n) is 8.83. The Morgan fingerprint density at radius 1 is 1.28 bits per heavy atom. The Bertz CT molecular complexity index is 791. The molecule has 2 aromatic rings. The van der Waals surface area contributed by atoms with Crippen molar-refractivity contribution in [3.05, 3.63) is 30.0 Å². The van der Waals surface area contributed by atoms with E-state index in [0.29, 0.717) is 55.1 Å². The topological polar surface area (TPSA) is 90.1 Å². The van der Waals surface area contributed by atoms with Crippen LogP contribution >= 0.6 is 0 Å². The molecule has 0 bridgehead atoms. The second-order valence-corrected chi connectivity index (χ2v) is 8.83. The maximum absolute atomic E-state index is 12.4. The van der Waals surface area contributed by atoms with Crippen molar-refractivity contribution in [3.8, 4) is 5.75 Å². The third-order valence-corrected chi connectivity index (χ3v) is 5.16. The normalized spacial score (nSPS) is 15.3. The van der Waals surface area contributed by atoms with Gasteiger partial charge in [0, 0.05) is 24.5 Å². The first kappa shape index (κ1) is 21.3. The average Bonchev–Trinajstić information content (AvgIpc) is 3.18. The van der Waals surface area contributed by atoms with Gasteiger partial charge >= 0.3 is 0 Å². The molecule has 0 radical (unpaired) electrons. The molecule has 29 heavy (non-hydrogen) atoms. The first-order valence-corrected chi connectivity index (χ1v) is 10.6. The molecule has 0 aliphatic heterocycles. The number of carbonyl (C=O) groups is 1. The average molecular weight is 401 g/mol. The van der Waals surface area contributed by atoms with Crippen molar-refractivity contribution in [2.75, 3.05) is 11.9 Å². The summed E-state index contributed by atoms with van der Waals surface area (Å²) in [5, 5.41) is 6.88. The van der Waals surface area contributed by atoms with Gasteiger partial charge in [-0.05, 0) is 37.3 Å². The molecule has 158 valence electrons. The molecule has 0 aromatic carbocycles. The second kappa shape index (κ2) is 9.85. The van der Waals surface area contributed by atoms with E-state index in [4.69, 9.17) is 9.26 Å². The minimum Gasteiger partial charge on any atom is -0.489 e. The molecule has 2 aromatic heterocycles. The smallest absolute Gasteiger partial charge is 0.226 e. The van der Waals surface area contributed by atoms with Crippen LogP contribution in [0, 0.1) is 5.92 Å². The highest BCUT2D eigenvalue weighted by Crippen LogP contribution is 2.27. The zero-order chi connectivity index (χ0) is 20.7. The van der Waals surface area contributed by atoms with Gasteiger partial charge in [0.2, 0.25) is 11.8 Å². The quantitative estimate of drug-likeness (QED) is 0.692. The number of ether oxygens (including phenoxy) is 1. The Balaban J connectivity index is 1.46. The van der Waals surface area contributed by atoms with E-state index in [9.17, 15) is 4.79 Å². The number of hydrogen-bond donors (Lipinski definition) is 1. The fraction of sp³-hybridized carbons (Fsp3) is 0.636. The third-order valence-electron chi connectivity index (χ3n) is 5.16. The Kier molecular flexibility index (Phi) is 7.23. The van der Waals surface area contributed by atoms with Gasteiger partial charge in [0.15, 0.2) is 17.4 Å². The Labute approximate surface area is 172 Å². The van der Waals surface area contributed by atoms with E-state index < -0.39 is 0 Å². The minimum atomic E-state index is -0.147. The standard InChI is InChI=1S/C22H32N4O3/c1-22(2,3)21-25-19(29-26-21)13-7-12-18(27)24-20-17(11-8-14-23-20)28-15-16-9-5-4-6-10-16/h8,11,14,16H,4-7,9-10,12-13,15H2,1-3H3,(H,23,24,27). The molecule has 1 aliphatic carbocycles. The molecule has 0 saturated heterocycles. The molecule has 1 saturated carbocycles. The molecular formula is C22H32N4O3. The van der Waals surface area contributed by atoms with E-state index in [1.165, 1.54) is 32.1 Å². The summed E-state index contributed by atoms with van der Waals surface area (Å²) in [6, 6.07) is 3.69.